The van der Waals surface area contributed by atoms with Crippen LogP contribution in [0.15, 0.2) is 77.1 Å². The van der Waals surface area contributed by atoms with E-state index in [1.54, 1.807) is 43.5 Å². The molecule has 0 radical (unpaired) electrons. The second kappa shape index (κ2) is 11.2. The first-order valence-corrected chi connectivity index (χ1v) is 14.1. The monoisotopic (exact) mass is 535 g/mol. The largest absolute Gasteiger partial charge is 0.480 e. The molecule has 4 rings (SSSR count). The third-order valence-electron chi connectivity index (χ3n) is 6.00. The number of hydrogen-bond donors (Lipinski definition) is 3. The number of benzene rings is 3. The standard InChI is InChI=1S/C28H29N3O4S2/c1-18-13-19(2)26(20(3)14-18)37(34,35)31-25(27(32)33)16-21-7-9-23(10-8-21)24-6-4-5-22(15-24)17-30-28-29-11-12-36-28/h4-15,25,31H,16-17H2,1-3H3,(H,29,30)(H,32,33). The summed E-state index contributed by atoms with van der Waals surface area (Å²) in [7, 11) is -4.02. The van der Waals surface area contributed by atoms with Gasteiger partial charge in [-0.1, -0.05) is 60.2 Å². The molecule has 0 amide bonds. The van der Waals surface area contributed by atoms with Gasteiger partial charge < -0.3 is 10.4 Å². The van der Waals surface area contributed by atoms with Gasteiger partial charge >= 0.3 is 5.97 Å². The van der Waals surface area contributed by atoms with Gasteiger partial charge in [0, 0.05) is 18.1 Å². The van der Waals surface area contributed by atoms with Crippen LogP contribution in [0.2, 0.25) is 0 Å². The molecule has 37 heavy (non-hydrogen) atoms. The first-order chi connectivity index (χ1) is 17.6. The number of carboxylic acid groups (broad SMARTS) is 1. The van der Waals surface area contributed by atoms with Crippen molar-refractivity contribution < 1.29 is 18.3 Å². The summed E-state index contributed by atoms with van der Waals surface area (Å²) in [5.74, 6) is -1.23. The number of thiazole rings is 1. The van der Waals surface area contributed by atoms with Crippen LogP contribution >= 0.6 is 11.3 Å². The summed E-state index contributed by atoms with van der Waals surface area (Å²) in [6.45, 7) is 5.98. The Morgan fingerprint density at radius 2 is 1.68 bits per heavy atom. The van der Waals surface area contributed by atoms with E-state index in [0.29, 0.717) is 17.7 Å². The summed E-state index contributed by atoms with van der Waals surface area (Å²) < 4.78 is 28.6. The number of nitrogens with one attached hydrogen (secondary N) is 2. The third-order valence-corrected chi connectivity index (χ3v) is 8.51. The van der Waals surface area contributed by atoms with E-state index in [1.165, 1.54) is 0 Å². The lowest BCUT2D eigenvalue weighted by Gasteiger charge is -2.18. The minimum atomic E-state index is -4.02. The van der Waals surface area contributed by atoms with E-state index in [-0.39, 0.29) is 11.3 Å². The van der Waals surface area contributed by atoms with Crippen molar-refractivity contribution in [3.63, 3.8) is 0 Å². The van der Waals surface area contributed by atoms with Crippen molar-refractivity contribution in [2.24, 2.45) is 0 Å². The van der Waals surface area contributed by atoms with Gasteiger partial charge in [0.1, 0.15) is 6.04 Å². The number of rotatable bonds is 10. The number of aryl methyl sites for hydroxylation is 3. The first-order valence-electron chi connectivity index (χ1n) is 11.8. The number of nitrogens with zero attached hydrogens (tertiary/aromatic N) is 1. The molecule has 1 atom stereocenters. The van der Waals surface area contributed by atoms with Crippen molar-refractivity contribution in [1.82, 2.24) is 9.71 Å². The Hall–Kier alpha value is -3.53. The zero-order chi connectivity index (χ0) is 26.6. The van der Waals surface area contributed by atoms with Crippen LogP contribution < -0.4 is 10.0 Å². The summed E-state index contributed by atoms with van der Waals surface area (Å²) in [5.41, 5.74) is 5.97. The van der Waals surface area contributed by atoms with Gasteiger partial charge in [-0.2, -0.15) is 4.72 Å². The third kappa shape index (κ3) is 6.62. The van der Waals surface area contributed by atoms with E-state index in [0.717, 1.165) is 32.9 Å². The molecule has 1 unspecified atom stereocenters. The van der Waals surface area contributed by atoms with Crippen molar-refractivity contribution in [3.8, 4) is 11.1 Å². The van der Waals surface area contributed by atoms with Crippen molar-refractivity contribution >= 4 is 32.5 Å². The molecular weight excluding hydrogens is 506 g/mol. The fourth-order valence-corrected chi connectivity index (χ4v) is 6.60. The maximum absolute atomic E-state index is 13.1. The average Bonchev–Trinajstić information content (AvgIpc) is 3.36. The summed E-state index contributed by atoms with van der Waals surface area (Å²) in [4.78, 5) is 16.3. The number of hydrogen-bond acceptors (Lipinski definition) is 6. The molecule has 3 N–H and O–H groups in total. The quantitative estimate of drug-likeness (QED) is 0.254. The van der Waals surface area contributed by atoms with E-state index in [1.807, 2.05) is 54.8 Å². The van der Waals surface area contributed by atoms with Crippen molar-refractivity contribution in [3.05, 3.63) is 100 Å². The molecule has 0 fully saturated rings. The van der Waals surface area contributed by atoms with Crippen molar-refractivity contribution in [1.29, 1.82) is 0 Å². The fourth-order valence-electron chi connectivity index (χ4n) is 4.43. The fraction of sp³-hybridized carbons (Fsp3) is 0.214. The number of anilines is 1. The topological polar surface area (TPSA) is 108 Å². The van der Waals surface area contributed by atoms with Crippen LogP contribution in [0.5, 0.6) is 0 Å². The van der Waals surface area contributed by atoms with Crippen molar-refractivity contribution in [2.45, 2.75) is 44.7 Å². The number of sulfonamides is 1. The zero-order valence-corrected chi connectivity index (χ0v) is 22.5. The molecule has 0 bridgehead atoms. The number of aliphatic carboxylic acids is 1. The molecule has 0 spiro atoms. The second-order valence-corrected chi connectivity index (χ2v) is 11.6. The van der Waals surface area contributed by atoms with E-state index in [2.05, 4.69) is 21.1 Å². The molecule has 4 aromatic rings. The van der Waals surface area contributed by atoms with Crippen LogP contribution in [0.25, 0.3) is 11.1 Å². The number of aromatic nitrogens is 1. The smallest absolute Gasteiger partial charge is 0.322 e. The van der Waals surface area contributed by atoms with E-state index >= 15 is 0 Å². The molecule has 0 saturated heterocycles. The molecule has 0 aliphatic rings. The predicted octanol–water partition coefficient (Wildman–Crippen LogP) is 5.32. The lowest BCUT2D eigenvalue weighted by Crippen LogP contribution is -2.42. The highest BCUT2D eigenvalue weighted by atomic mass is 32.2. The molecule has 1 aromatic heterocycles. The molecule has 192 valence electrons. The summed E-state index contributed by atoms with van der Waals surface area (Å²) in [6, 6.07) is 17.9. The van der Waals surface area contributed by atoms with Crippen molar-refractivity contribution in [2.75, 3.05) is 5.32 Å². The van der Waals surface area contributed by atoms with Crippen LogP contribution in [-0.4, -0.2) is 30.5 Å². The van der Waals surface area contributed by atoms with Gasteiger partial charge in [0.05, 0.1) is 4.90 Å². The van der Waals surface area contributed by atoms with Gasteiger partial charge in [0.15, 0.2) is 5.13 Å². The van der Waals surface area contributed by atoms with Gasteiger partial charge in [0.2, 0.25) is 10.0 Å². The molecule has 0 saturated carbocycles. The Kier molecular flexibility index (Phi) is 8.06. The molecule has 0 aliphatic carbocycles. The first kappa shape index (κ1) is 26.5. The van der Waals surface area contributed by atoms with Crippen LogP contribution in [0.3, 0.4) is 0 Å². The van der Waals surface area contributed by atoms with E-state index < -0.39 is 22.0 Å². The van der Waals surface area contributed by atoms with Gasteiger partial charge in [-0.3, -0.25) is 4.79 Å². The van der Waals surface area contributed by atoms with E-state index in [9.17, 15) is 18.3 Å². The Balaban J connectivity index is 1.47. The van der Waals surface area contributed by atoms with Gasteiger partial charge in [-0.25, -0.2) is 13.4 Å². The average molecular weight is 536 g/mol. The molecule has 3 aromatic carbocycles. The highest BCUT2D eigenvalue weighted by Crippen LogP contribution is 2.24. The lowest BCUT2D eigenvalue weighted by molar-refractivity contribution is -0.138. The Morgan fingerprint density at radius 1 is 0.973 bits per heavy atom. The molecule has 7 nitrogen and oxygen atoms in total. The number of carboxylic acids is 1. The normalized spacial score (nSPS) is 12.3. The highest BCUT2D eigenvalue weighted by molar-refractivity contribution is 7.89. The Bertz CT molecular complexity index is 1480. The van der Waals surface area contributed by atoms with Gasteiger partial charge in [-0.15, -0.1) is 11.3 Å². The SMILES string of the molecule is Cc1cc(C)c(S(=O)(=O)NC(Cc2ccc(-c3cccc(CNc4nccs4)c3)cc2)C(=O)O)c(C)c1. The van der Waals surface area contributed by atoms with Crippen LogP contribution in [0, 0.1) is 20.8 Å². The summed E-state index contributed by atoms with van der Waals surface area (Å²) >= 11 is 1.55. The van der Waals surface area contributed by atoms with Crippen LogP contribution in [0.4, 0.5) is 5.13 Å². The maximum atomic E-state index is 13.1. The summed E-state index contributed by atoms with van der Waals surface area (Å²) in [6.07, 6.45) is 1.78. The maximum Gasteiger partial charge on any atom is 0.322 e. The van der Waals surface area contributed by atoms with Crippen LogP contribution in [0.1, 0.15) is 27.8 Å². The predicted molar refractivity (Wildman–Crippen MR) is 147 cm³/mol. The number of carbonyl (C=O) groups is 1. The highest BCUT2D eigenvalue weighted by Gasteiger charge is 2.28. The summed E-state index contributed by atoms with van der Waals surface area (Å²) in [5, 5.41) is 15.9. The molecule has 0 aliphatic heterocycles. The van der Waals surface area contributed by atoms with Crippen LogP contribution in [-0.2, 0) is 27.8 Å². The van der Waals surface area contributed by atoms with Gasteiger partial charge in [0.25, 0.3) is 0 Å². The Morgan fingerprint density at radius 3 is 2.30 bits per heavy atom. The Labute approximate surface area is 221 Å². The zero-order valence-electron chi connectivity index (χ0n) is 20.9. The molecule has 9 heteroatoms. The second-order valence-electron chi connectivity index (χ2n) is 9.03. The molecule has 1 heterocycles. The molecular formula is C28H29N3O4S2. The van der Waals surface area contributed by atoms with E-state index in [4.69, 9.17) is 0 Å². The van der Waals surface area contributed by atoms with Gasteiger partial charge in [-0.05, 0) is 66.6 Å². The lowest BCUT2D eigenvalue weighted by atomic mass is 9.99. The minimum absolute atomic E-state index is 0.0244. The minimum Gasteiger partial charge on any atom is -0.480 e.